The van der Waals surface area contributed by atoms with Gasteiger partial charge in [-0.2, -0.15) is 0 Å². The molecule has 0 spiro atoms. The van der Waals surface area contributed by atoms with E-state index in [4.69, 9.17) is 4.98 Å². The minimum Gasteiger partial charge on any atom is -0.328 e. The maximum absolute atomic E-state index is 4.84. The summed E-state index contributed by atoms with van der Waals surface area (Å²) in [6.07, 6.45) is 3.71. The van der Waals surface area contributed by atoms with Gasteiger partial charge in [0.15, 0.2) is 0 Å². The lowest BCUT2D eigenvalue weighted by molar-refractivity contribution is 0.367. The molecule has 1 aliphatic rings. The van der Waals surface area contributed by atoms with Gasteiger partial charge in [0.2, 0.25) is 0 Å². The first-order chi connectivity index (χ1) is 9.28. The highest BCUT2D eigenvalue weighted by atomic mass is 79.9. The fourth-order valence-electron chi connectivity index (χ4n) is 3.02. The van der Waals surface area contributed by atoms with Crippen LogP contribution in [0.15, 0.2) is 22.7 Å². The highest BCUT2D eigenvalue weighted by Gasteiger charge is 2.17. The Morgan fingerprint density at radius 3 is 3.11 bits per heavy atom. The maximum Gasteiger partial charge on any atom is 0.110 e. The summed E-state index contributed by atoms with van der Waals surface area (Å²) >= 11 is 3.53. The molecule has 3 rings (SSSR count). The molecule has 0 radical (unpaired) electrons. The zero-order valence-corrected chi connectivity index (χ0v) is 12.9. The predicted octanol–water partition coefficient (Wildman–Crippen LogP) is 3.36. The number of hydrogen-bond donors (Lipinski definition) is 1. The van der Waals surface area contributed by atoms with Crippen molar-refractivity contribution in [3.05, 3.63) is 28.5 Å². The summed E-state index contributed by atoms with van der Waals surface area (Å²) in [5.74, 6) is 1.98. The highest BCUT2D eigenvalue weighted by Crippen LogP contribution is 2.23. The van der Waals surface area contributed by atoms with Gasteiger partial charge in [0, 0.05) is 17.4 Å². The van der Waals surface area contributed by atoms with E-state index in [1.165, 1.54) is 30.7 Å². The summed E-state index contributed by atoms with van der Waals surface area (Å²) in [5, 5.41) is 3.49. The molecule has 1 N–H and O–H groups in total. The van der Waals surface area contributed by atoms with Crippen molar-refractivity contribution in [3.8, 4) is 0 Å². The van der Waals surface area contributed by atoms with E-state index in [1.54, 1.807) is 0 Å². The molecule has 1 aromatic heterocycles. The molecule has 2 aromatic rings. The van der Waals surface area contributed by atoms with Crippen LogP contribution >= 0.6 is 15.9 Å². The van der Waals surface area contributed by atoms with Gasteiger partial charge >= 0.3 is 0 Å². The molecule has 1 unspecified atom stereocenters. The molecule has 1 fully saturated rings. The normalized spacial score (nSPS) is 20.0. The molecule has 4 heteroatoms. The Hall–Kier alpha value is -0.870. The Morgan fingerprint density at radius 1 is 1.47 bits per heavy atom. The van der Waals surface area contributed by atoms with Crippen LogP contribution in [-0.4, -0.2) is 22.6 Å². The van der Waals surface area contributed by atoms with Crippen molar-refractivity contribution in [2.45, 2.75) is 32.7 Å². The van der Waals surface area contributed by atoms with Gasteiger partial charge in [-0.05, 0) is 57.0 Å². The number of aromatic nitrogens is 2. The number of piperidine rings is 1. The molecule has 19 heavy (non-hydrogen) atoms. The largest absolute Gasteiger partial charge is 0.328 e. The van der Waals surface area contributed by atoms with E-state index in [0.29, 0.717) is 0 Å². The molecule has 1 aromatic carbocycles. The number of nitrogens with zero attached hydrogens (tertiary/aromatic N) is 2. The Kier molecular flexibility index (Phi) is 3.89. The topological polar surface area (TPSA) is 29.9 Å². The molecular formula is C15H20BrN3. The number of benzene rings is 1. The second kappa shape index (κ2) is 5.63. The van der Waals surface area contributed by atoms with Crippen molar-refractivity contribution in [2.24, 2.45) is 5.92 Å². The predicted molar refractivity (Wildman–Crippen MR) is 82.4 cm³/mol. The van der Waals surface area contributed by atoms with Gasteiger partial charge in [0.25, 0.3) is 0 Å². The molecule has 1 saturated heterocycles. The standard InChI is InChI=1S/C15H20BrN3/c1-2-19-14-6-5-12(16)9-13(14)18-15(19)8-11-4-3-7-17-10-11/h5-6,9,11,17H,2-4,7-8,10H2,1H3. The number of aryl methyl sites for hydroxylation is 1. The molecule has 0 aliphatic carbocycles. The van der Waals surface area contributed by atoms with Crippen molar-refractivity contribution in [1.29, 1.82) is 0 Å². The van der Waals surface area contributed by atoms with Crippen LogP contribution in [0, 0.1) is 5.92 Å². The molecule has 1 aliphatic heterocycles. The lowest BCUT2D eigenvalue weighted by atomic mass is 9.96. The third kappa shape index (κ3) is 2.70. The van der Waals surface area contributed by atoms with Crippen LogP contribution in [0.1, 0.15) is 25.6 Å². The molecule has 0 saturated carbocycles. The molecule has 0 amide bonds. The van der Waals surface area contributed by atoms with Crippen LogP contribution in [0.5, 0.6) is 0 Å². The lowest BCUT2D eigenvalue weighted by Crippen LogP contribution is -2.31. The van der Waals surface area contributed by atoms with Crippen LogP contribution in [0.25, 0.3) is 11.0 Å². The first-order valence-electron chi connectivity index (χ1n) is 7.13. The van der Waals surface area contributed by atoms with Crippen LogP contribution in [0.3, 0.4) is 0 Å². The first-order valence-corrected chi connectivity index (χ1v) is 7.92. The second-order valence-corrected chi connectivity index (χ2v) is 6.24. The number of imidazole rings is 1. The average Bonchev–Trinajstić information content (AvgIpc) is 2.76. The van der Waals surface area contributed by atoms with Crippen molar-refractivity contribution < 1.29 is 0 Å². The Balaban J connectivity index is 1.93. The lowest BCUT2D eigenvalue weighted by Gasteiger charge is -2.22. The van der Waals surface area contributed by atoms with E-state index >= 15 is 0 Å². The van der Waals surface area contributed by atoms with Crippen LogP contribution in [0.2, 0.25) is 0 Å². The van der Waals surface area contributed by atoms with E-state index in [0.717, 1.165) is 35.4 Å². The average molecular weight is 322 g/mol. The summed E-state index contributed by atoms with van der Waals surface area (Å²) in [5.41, 5.74) is 2.36. The number of hydrogen-bond acceptors (Lipinski definition) is 2. The number of halogens is 1. The van der Waals surface area contributed by atoms with Crippen LogP contribution < -0.4 is 5.32 Å². The third-order valence-corrected chi connectivity index (χ3v) is 4.47. The minimum absolute atomic E-state index is 0.735. The molecule has 3 nitrogen and oxygen atoms in total. The van der Waals surface area contributed by atoms with E-state index in [1.807, 2.05) is 0 Å². The van der Waals surface area contributed by atoms with Crippen LogP contribution in [-0.2, 0) is 13.0 Å². The number of nitrogens with one attached hydrogen (secondary N) is 1. The van der Waals surface area contributed by atoms with Crippen LogP contribution in [0.4, 0.5) is 0 Å². The third-order valence-electron chi connectivity index (χ3n) is 3.98. The minimum atomic E-state index is 0.735. The van der Waals surface area contributed by atoms with Gasteiger partial charge in [0.05, 0.1) is 11.0 Å². The highest BCUT2D eigenvalue weighted by molar-refractivity contribution is 9.10. The Morgan fingerprint density at radius 2 is 2.37 bits per heavy atom. The monoisotopic (exact) mass is 321 g/mol. The van der Waals surface area contributed by atoms with Crippen molar-refractivity contribution >= 4 is 27.0 Å². The molecule has 2 heterocycles. The van der Waals surface area contributed by atoms with Gasteiger partial charge in [0.1, 0.15) is 5.82 Å². The van der Waals surface area contributed by atoms with Crippen molar-refractivity contribution in [1.82, 2.24) is 14.9 Å². The first kappa shape index (κ1) is 13.1. The molecule has 0 bridgehead atoms. The fourth-order valence-corrected chi connectivity index (χ4v) is 3.37. The van der Waals surface area contributed by atoms with Gasteiger partial charge in [-0.25, -0.2) is 4.98 Å². The Bertz CT molecular complexity index is 570. The Labute approximate surface area is 122 Å². The van der Waals surface area contributed by atoms with E-state index in [-0.39, 0.29) is 0 Å². The summed E-state index contributed by atoms with van der Waals surface area (Å²) in [6.45, 7) is 5.50. The quantitative estimate of drug-likeness (QED) is 0.939. The van der Waals surface area contributed by atoms with Crippen molar-refractivity contribution in [3.63, 3.8) is 0 Å². The van der Waals surface area contributed by atoms with Crippen molar-refractivity contribution in [2.75, 3.05) is 13.1 Å². The molecule has 1 atom stereocenters. The van der Waals surface area contributed by atoms with Gasteiger partial charge in [-0.3, -0.25) is 0 Å². The van der Waals surface area contributed by atoms with Gasteiger partial charge in [-0.15, -0.1) is 0 Å². The summed E-state index contributed by atoms with van der Waals surface area (Å²) in [6, 6.07) is 6.38. The van der Waals surface area contributed by atoms with E-state index in [2.05, 4.69) is 50.9 Å². The molecule has 102 valence electrons. The SMILES string of the molecule is CCn1c(CC2CCCNC2)nc2cc(Br)ccc21. The zero-order valence-electron chi connectivity index (χ0n) is 11.3. The number of fused-ring (bicyclic) bond motifs is 1. The maximum atomic E-state index is 4.84. The fraction of sp³-hybridized carbons (Fsp3) is 0.533. The number of rotatable bonds is 3. The summed E-state index contributed by atoms with van der Waals surface area (Å²) in [4.78, 5) is 4.84. The zero-order chi connectivity index (χ0) is 13.2. The smallest absolute Gasteiger partial charge is 0.110 e. The van der Waals surface area contributed by atoms with Gasteiger partial charge < -0.3 is 9.88 Å². The summed E-state index contributed by atoms with van der Waals surface area (Å²) < 4.78 is 3.46. The van der Waals surface area contributed by atoms with Gasteiger partial charge in [-0.1, -0.05) is 15.9 Å². The van der Waals surface area contributed by atoms with E-state index in [9.17, 15) is 0 Å². The van der Waals surface area contributed by atoms with E-state index < -0.39 is 0 Å². The summed E-state index contributed by atoms with van der Waals surface area (Å²) in [7, 11) is 0. The molecular weight excluding hydrogens is 302 g/mol. The second-order valence-electron chi connectivity index (χ2n) is 5.32.